The Morgan fingerprint density at radius 2 is 1.79 bits per heavy atom. The maximum absolute atomic E-state index is 12.2. The maximum atomic E-state index is 12.2. The molecule has 0 saturated heterocycles. The SMILES string of the molecule is O=C1OC(c2cccc(I)c2)=NC1=Cc1cccc(OCc2ccccc2)c1. The molecule has 138 valence electrons. The molecule has 1 aliphatic rings. The van der Waals surface area contributed by atoms with Crippen LogP contribution < -0.4 is 4.74 Å². The van der Waals surface area contributed by atoms with Crippen LogP contribution in [0.1, 0.15) is 16.7 Å². The molecule has 0 bridgehead atoms. The number of carbonyl (C=O) groups excluding carboxylic acids is 1. The van der Waals surface area contributed by atoms with Gasteiger partial charge in [-0.05, 0) is 70.1 Å². The second kappa shape index (κ2) is 8.39. The van der Waals surface area contributed by atoms with Crippen molar-refractivity contribution in [1.82, 2.24) is 0 Å². The third-order valence-electron chi connectivity index (χ3n) is 4.10. The topological polar surface area (TPSA) is 47.9 Å². The molecule has 0 N–H and O–H groups in total. The van der Waals surface area contributed by atoms with E-state index < -0.39 is 5.97 Å². The van der Waals surface area contributed by atoms with Crippen LogP contribution in [0.5, 0.6) is 5.75 Å². The Hall–Kier alpha value is -2.93. The minimum atomic E-state index is -0.454. The molecule has 0 atom stereocenters. The number of hydrogen-bond acceptors (Lipinski definition) is 4. The summed E-state index contributed by atoms with van der Waals surface area (Å²) in [7, 11) is 0. The molecule has 0 aliphatic carbocycles. The zero-order valence-electron chi connectivity index (χ0n) is 14.8. The van der Waals surface area contributed by atoms with E-state index in [1.165, 1.54) is 0 Å². The molecule has 0 fully saturated rings. The summed E-state index contributed by atoms with van der Waals surface area (Å²) in [6.45, 7) is 0.484. The van der Waals surface area contributed by atoms with Crippen LogP contribution in [0.3, 0.4) is 0 Å². The van der Waals surface area contributed by atoms with Gasteiger partial charge in [0, 0.05) is 9.13 Å². The van der Waals surface area contributed by atoms with Crippen molar-refractivity contribution in [2.45, 2.75) is 6.61 Å². The minimum absolute atomic E-state index is 0.272. The van der Waals surface area contributed by atoms with Crippen LogP contribution in [-0.4, -0.2) is 11.9 Å². The highest BCUT2D eigenvalue weighted by Gasteiger charge is 2.24. The Labute approximate surface area is 176 Å². The van der Waals surface area contributed by atoms with E-state index in [4.69, 9.17) is 9.47 Å². The summed E-state index contributed by atoms with van der Waals surface area (Å²) < 4.78 is 12.2. The number of benzene rings is 3. The van der Waals surface area contributed by atoms with Crippen molar-refractivity contribution >= 4 is 40.5 Å². The standard InChI is InChI=1S/C23H16INO3/c24-19-10-5-9-18(14-19)22-25-21(23(26)28-22)13-17-8-4-11-20(12-17)27-15-16-6-2-1-3-7-16/h1-14H,15H2. The number of halogens is 1. The summed E-state index contributed by atoms with van der Waals surface area (Å²) in [6.07, 6.45) is 1.71. The molecule has 3 aromatic carbocycles. The van der Waals surface area contributed by atoms with E-state index in [2.05, 4.69) is 27.6 Å². The van der Waals surface area contributed by atoms with E-state index in [1.54, 1.807) is 6.08 Å². The monoisotopic (exact) mass is 481 g/mol. The summed E-state index contributed by atoms with van der Waals surface area (Å²) >= 11 is 2.21. The van der Waals surface area contributed by atoms with E-state index in [0.29, 0.717) is 12.5 Å². The van der Waals surface area contributed by atoms with Gasteiger partial charge >= 0.3 is 5.97 Å². The zero-order valence-corrected chi connectivity index (χ0v) is 17.0. The third-order valence-corrected chi connectivity index (χ3v) is 4.77. The quantitative estimate of drug-likeness (QED) is 0.286. The zero-order chi connectivity index (χ0) is 19.3. The number of ether oxygens (including phenoxy) is 2. The molecule has 0 spiro atoms. The Balaban J connectivity index is 1.52. The van der Waals surface area contributed by atoms with Gasteiger partial charge in [0.15, 0.2) is 5.70 Å². The second-order valence-electron chi connectivity index (χ2n) is 6.19. The maximum Gasteiger partial charge on any atom is 0.363 e. The van der Waals surface area contributed by atoms with Crippen molar-refractivity contribution in [1.29, 1.82) is 0 Å². The Kier molecular flexibility index (Phi) is 5.53. The van der Waals surface area contributed by atoms with Gasteiger partial charge in [-0.3, -0.25) is 0 Å². The summed E-state index contributed by atoms with van der Waals surface area (Å²) in [6, 6.07) is 25.2. The number of nitrogens with zero attached hydrogens (tertiary/aromatic N) is 1. The molecule has 0 saturated carbocycles. The molecule has 4 nitrogen and oxygen atoms in total. The van der Waals surface area contributed by atoms with Gasteiger partial charge in [0.1, 0.15) is 12.4 Å². The first-order valence-corrected chi connectivity index (χ1v) is 9.80. The molecule has 1 heterocycles. The van der Waals surface area contributed by atoms with Gasteiger partial charge in [-0.1, -0.05) is 48.5 Å². The van der Waals surface area contributed by atoms with Crippen LogP contribution in [0.25, 0.3) is 6.08 Å². The number of aliphatic imine (C=N–C) groups is 1. The van der Waals surface area contributed by atoms with E-state index in [0.717, 1.165) is 26.0 Å². The Morgan fingerprint density at radius 3 is 2.61 bits per heavy atom. The lowest BCUT2D eigenvalue weighted by molar-refractivity contribution is -0.129. The first-order chi connectivity index (χ1) is 13.7. The second-order valence-corrected chi connectivity index (χ2v) is 7.44. The fourth-order valence-electron chi connectivity index (χ4n) is 2.75. The number of rotatable bonds is 5. The summed E-state index contributed by atoms with van der Waals surface area (Å²) in [5.74, 6) is 0.599. The highest BCUT2D eigenvalue weighted by molar-refractivity contribution is 14.1. The summed E-state index contributed by atoms with van der Waals surface area (Å²) in [4.78, 5) is 16.6. The van der Waals surface area contributed by atoms with E-state index in [9.17, 15) is 4.79 Å². The van der Waals surface area contributed by atoms with E-state index >= 15 is 0 Å². The van der Waals surface area contributed by atoms with Gasteiger partial charge in [-0.2, -0.15) is 0 Å². The first-order valence-electron chi connectivity index (χ1n) is 8.73. The van der Waals surface area contributed by atoms with Gasteiger partial charge in [0.25, 0.3) is 0 Å². The van der Waals surface area contributed by atoms with E-state index in [-0.39, 0.29) is 5.70 Å². The Bertz CT molecular complexity index is 1070. The predicted molar refractivity (Wildman–Crippen MR) is 117 cm³/mol. The lowest BCUT2D eigenvalue weighted by Crippen LogP contribution is -2.05. The molecule has 0 radical (unpaired) electrons. The lowest BCUT2D eigenvalue weighted by atomic mass is 10.2. The fourth-order valence-corrected chi connectivity index (χ4v) is 3.29. The highest BCUT2D eigenvalue weighted by atomic mass is 127. The van der Waals surface area contributed by atoms with Gasteiger partial charge < -0.3 is 9.47 Å². The van der Waals surface area contributed by atoms with Crippen molar-refractivity contribution < 1.29 is 14.3 Å². The van der Waals surface area contributed by atoms with Crippen molar-refractivity contribution in [2.24, 2.45) is 4.99 Å². The third kappa shape index (κ3) is 4.48. The van der Waals surface area contributed by atoms with Crippen molar-refractivity contribution in [3.05, 3.63) is 105 Å². The normalized spacial score (nSPS) is 14.7. The fraction of sp³-hybridized carbons (Fsp3) is 0.0435. The predicted octanol–water partition coefficient (Wildman–Crippen LogP) is 5.21. The molecular weight excluding hydrogens is 465 g/mol. The molecule has 1 aliphatic heterocycles. The number of cyclic esters (lactones) is 1. The molecule has 5 heteroatoms. The molecule has 0 unspecified atom stereocenters. The lowest BCUT2D eigenvalue weighted by Gasteiger charge is -2.07. The number of carbonyl (C=O) groups is 1. The molecule has 0 amide bonds. The van der Waals surface area contributed by atoms with Crippen LogP contribution in [0.2, 0.25) is 0 Å². The first kappa shape index (κ1) is 18.4. The van der Waals surface area contributed by atoms with Crippen LogP contribution in [0.4, 0.5) is 0 Å². The summed E-state index contributed by atoms with van der Waals surface area (Å²) in [5.41, 5.74) is 2.97. The van der Waals surface area contributed by atoms with Crippen molar-refractivity contribution in [2.75, 3.05) is 0 Å². The Morgan fingerprint density at radius 1 is 0.964 bits per heavy atom. The van der Waals surface area contributed by atoms with Gasteiger partial charge in [-0.25, -0.2) is 9.79 Å². The van der Waals surface area contributed by atoms with Gasteiger partial charge in [0.05, 0.1) is 0 Å². The number of hydrogen-bond donors (Lipinski definition) is 0. The smallest absolute Gasteiger partial charge is 0.363 e. The molecular formula is C23H16INO3. The van der Waals surface area contributed by atoms with E-state index in [1.807, 2.05) is 78.9 Å². The van der Waals surface area contributed by atoms with Gasteiger partial charge in [-0.15, -0.1) is 0 Å². The average Bonchev–Trinajstić information content (AvgIpc) is 3.08. The van der Waals surface area contributed by atoms with Gasteiger partial charge in [0.2, 0.25) is 5.90 Å². The molecule has 4 rings (SSSR count). The van der Waals surface area contributed by atoms with Crippen molar-refractivity contribution in [3.63, 3.8) is 0 Å². The van der Waals surface area contributed by atoms with Crippen LogP contribution >= 0.6 is 22.6 Å². The summed E-state index contributed by atoms with van der Waals surface area (Å²) in [5, 5.41) is 0. The number of esters is 1. The van der Waals surface area contributed by atoms with Crippen LogP contribution in [-0.2, 0) is 16.1 Å². The molecule has 3 aromatic rings. The molecule has 0 aromatic heterocycles. The van der Waals surface area contributed by atoms with Crippen molar-refractivity contribution in [3.8, 4) is 5.75 Å². The largest absolute Gasteiger partial charge is 0.489 e. The average molecular weight is 481 g/mol. The highest BCUT2D eigenvalue weighted by Crippen LogP contribution is 2.22. The molecule has 28 heavy (non-hydrogen) atoms. The van der Waals surface area contributed by atoms with Crippen LogP contribution in [0, 0.1) is 3.57 Å². The minimum Gasteiger partial charge on any atom is -0.489 e. The van der Waals surface area contributed by atoms with Crippen LogP contribution in [0.15, 0.2) is 89.6 Å².